The molecule has 0 radical (unpaired) electrons. The maximum Gasteiger partial charge on any atom is 0.251 e. The first kappa shape index (κ1) is 18.7. The van der Waals surface area contributed by atoms with Crippen molar-refractivity contribution >= 4 is 15.9 Å². The van der Waals surface area contributed by atoms with E-state index in [1.165, 1.54) is 0 Å². The molecule has 0 unspecified atom stereocenters. The van der Waals surface area contributed by atoms with E-state index in [1.807, 2.05) is 12.1 Å². The van der Waals surface area contributed by atoms with E-state index in [0.717, 1.165) is 31.4 Å². The molecule has 3 rings (SSSR count). The fourth-order valence-electron chi connectivity index (χ4n) is 3.04. The summed E-state index contributed by atoms with van der Waals surface area (Å²) in [6.07, 6.45) is 5.07. The molecule has 6 nitrogen and oxygen atoms in total. The third kappa shape index (κ3) is 4.95. The molecule has 0 saturated carbocycles. The van der Waals surface area contributed by atoms with Gasteiger partial charge < -0.3 is 9.73 Å². The first-order valence-corrected chi connectivity index (χ1v) is 10.5. The molecule has 0 spiro atoms. The van der Waals surface area contributed by atoms with Crippen LogP contribution in [0.25, 0.3) is 0 Å². The lowest BCUT2D eigenvalue weighted by Crippen LogP contribution is -2.29. The second-order valence-electron chi connectivity index (χ2n) is 6.50. The lowest BCUT2D eigenvalue weighted by molar-refractivity contribution is 0.0953. The second-order valence-corrected chi connectivity index (χ2v) is 8.47. The van der Waals surface area contributed by atoms with Crippen molar-refractivity contribution in [2.24, 2.45) is 0 Å². The quantitative estimate of drug-likeness (QED) is 0.718. The van der Waals surface area contributed by atoms with Crippen LogP contribution in [-0.2, 0) is 22.2 Å². The van der Waals surface area contributed by atoms with Crippen molar-refractivity contribution in [3.63, 3.8) is 0 Å². The number of nitrogens with zero attached hydrogens (tertiary/aromatic N) is 1. The lowest BCUT2D eigenvalue weighted by Gasteiger charge is -2.15. The van der Waals surface area contributed by atoms with E-state index >= 15 is 0 Å². The van der Waals surface area contributed by atoms with Gasteiger partial charge in [0.15, 0.2) is 0 Å². The topological polar surface area (TPSA) is 79.6 Å². The average Bonchev–Trinajstić information content (AvgIpc) is 3.32. The molecule has 1 aliphatic heterocycles. The molecule has 1 aromatic carbocycles. The van der Waals surface area contributed by atoms with Gasteiger partial charge in [-0.05, 0) is 49.1 Å². The molecular weight excluding hydrogens is 352 g/mol. The van der Waals surface area contributed by atoms with Crippen LogP contribution in [0.5, 0.6) is 0 Å². The highest BCUT2D eigenvalue weighted by atomic mass is 32.2. The average molecular weight is 376 g/mol. The zero-order valence-electron chi connectivity index (χ0n) is 14.7. The predicted molar refractivity (Wildman–Crippen MR) is 99.2 cm³/mol. The fourth-order valence-corrected chi connectivity index (χ4v) is 4.65. The van der Waals surface area contributed by atoms with Gasteiger partial charge in [-0.2, -0.15) is 0 Å². The number of hydrogen-bond donors (Lipinski definition) is 1. The van der Waals surface area contributed by atoms with Crippen molar-refractivity contribution in [2.45, 2.75) is 31.4 Å². The van der Waals surface area contributed by atoms with Crippen LogP contribution >= 0.6 is 0 Å². The number of furan rings is 1. The molecule has 1 N–H and O–H groups in total. The molecule has 0 bridgehead atoms. The van der Waals surface area contributed by atoms with Crippen molar-refractivity contribution in [3.8, 4) is 0 Å². The lowest BCUT2D eigenvalue weighted by atomic mass is 10.1. The highest BCUT2D eigenvalue weighted by molar-refractivity contribution is 7.88. The first-order chi connectivity index (χ1) is 12.5. The van der Waals surface area contributed by atoms with E-state index < -0.39 is 10.0 Å². The van der Waals surface area contributed by atoms with E-state index in [9.17, 15) is 13.2 Å². The summed E-state index contributed by atoms with van der Waals surface area (Å²) in [5, 5.41) is 2.87. The number of rotatable bonds is 8. The van der Waals surface area contributed by atoms with Crippen molar-refractivity contribution in [2.75, 3.05) is 19.6 Å². The highest BCUT2D eigenvalue weighted by Crippen LogP contribution is 2.17. The second kappa shape index (κ2) is 8.51. The zero-order chi connectivity index (χ0) is 18.4. The number of hydrogen-bond acceptors (Lipinski definition) is 4. The number of sulfonamides is 1. The van der Waals surface area contributed by atoms with Crippen molar-refractivity contribution in [1.82, 2.24) is 9.62 Å². The predicted octanol–water partition coefficient (Wildman–Crippen LogP) is 2.57. The summed E-state index contributed by atoms with van der Waals surface area (Å²) in [6, 6.07) is 10.5. The maximum atomic E-state index is 12.3. The summed E-state index contributed by atoms with van der Waals surface area (Å²) in [4.78, 5) is 12.2. The van der Waals surface area contributed by atoms with Crippen LogP contribution in [0.4, 0.5) is 0 Å². The summed E-state index contributed by atoms with van der Waals surface area (Å²) in [6.45, 7) is 1.78. The number of carbonyl (C=O) groups excluding carboxylic acids is 1. The van der Waals surface area contributed by atoms with Crippen LogP contribution in [0.2, 0.25) is 0 Å². The minimum Gasteiger partial charge on any atom is -0.469 e. The third-order valence-electron chi connectivity index (χ3n) is 4.49. The molecular formula is C19H24N2O4S. The molecule has 1 amide bonds. The van der Waals surface area contributed by atoms with Gasteiger partial charge in [0, 0.05) is 31.6 Å². The fraction of sp³-hybridized carbons (Fsp3) is 0.421. The Bertz CT molecular complexity index is 808. The van der Waals surface area contributed by atoms with E-state index in [2.05, 4.69) is 5.32 Å². The molecule has 2 heterocycles. The smallest absolute Gasteiger partial charge is 0.251 e. The largest absolute Gasteiger partial charge is 0.469 e. The van der Waals surface area contributed by atoms with E-state index in [-0.39, 0.29) is 11.7 Å². The van der Waals surface area contributed by atoms with Gasteiger partial charge in [0.1, 0.15) is 5.76 Å². The van der Waals surface area contributed by atoms with Gasteiger partial charge in [0.2, 0.25) is 10.0 Å². The van der Waals surface area contributed by atoms with Crippen LogP contribution in [0, 0.1) is 0 Å². The number of carbonyl (C=O) groups is 1. The van der Waals surface area contributed by atoms with Crippen LogP contribution in [-0.4, -0.2) is 38.3 Å². The number of amides is 1. The summed E-state index contributed by atoms with van der Waals surface area (Å²) in [5.41, 5.74) is 1.23. The van der Waals surface area contributed by atoms with Crippen LogP contribution in [0.3, 0.4) is 0 Å². The molecule has 1 saturated heterocycles. The Balaban J connectivity index is 1.48. The van der Waals surface area contributed by atoms with Gasteiger partial charge in [-0.1, -0.05) is 12.1 Å². The van der Waals surface area contributed by atoms with E-state index in [4.69, 9.17) is 4.42 Å². The molecule has 0 aliphatic carbocycles. The van der Waals surface area contributed by atoms with Crippen molar-refractivity contribution in [3.05, 3.63) is 59.5 Å². The minimum atomic E-state index is -3.26. The number of aryl methyl sites for hydroxylation is 1. The molecule has 7 heteroatoms. The standard InChI is InChI=1S/C19H24N2O4S/c22-19(20-11-3-5-18-6-4-14-25-18)17-9-7-16(8-10-17)15-26(23,24)21-12-1-2-13-21/h4,6-10,14H,1-3,5,11-13,15H2,(H,20,22). The zero-order valence-corrected chi connectivity index (χ0v) is 15.5. The Labute approximate surface area is 154 Å². The SMILES string of the molecule is O=C(NCCCc1ccco1)c1ccc(CS(=O)(=O)N2CCCC2)cc1. The van der Waals surface area contributed by atoms with Gasteiger partial charge in [-0.3, -0.25) is 4.79 Å². The van der Waals surface area contributed by atoms with Gasteiger partial charge in [-0.15, -0.1) is 0 Å². The van der Waals surface area contributed by atoms with Crippen LogP contribution in [0.15, 0.2) is 47.1 Å². The summed E-state index contributed by atoms with van der Waals surface area (Å²) in [7, 11) is -3.26. The summed E-state index contributed by atoms with van der Waals surface area (Å²) in [5.74, 6) is 0.735. The summed E-state index contributed by atoms with van der Waals surface area (Å²) < 4.78 is 31.5. The Hall–Kier alpha value is -2.12. The third-order valence-corrected chi connectivity index (χ3v) is 6.34. The van der Waals surface area contributed by atoms with E-state index in [0.29, 0.717) is 30.8 Å². The Morgan fingerprint density at radius 3 is 2.50 bits per heavy atom. The van der Waals surface area contributed by atoms with E-state index in [1.54, 1.807) is 34.8 Å². The Morgan fingerprint density at radius 1 is 1.12 bits per heavy atom. The molecule has 26 heavy (non-hydrogen) atoms. The van der Waals surface area contributed by atoms with Gasteiger partial charge in [0.05, 0.1) is 12.0 Å². The monoisotopic (exact) mass is 376 g/mol. The van der Waals surface area contributed by atoms with Crippen LogP contribution in [0.1, 0.15) is 40.9 Å². The minimum absolute atomic E-state index is 0.0158. The normalized spacial score (nSPS) is 15.2. The Morgan fingerprint density at radius 2 is 1.85 bits per heavy atom. The molecule has 1 aromatic heterocycles. The van der Waals surface area contributed by atoms with Gasteiger partial charge in [-0.25, -0.2) is 12.7 Å². The number of nitrogens with one attached hydrogen (secondary N) is 1. The Kier molecular flexibility index (Phi) is 6.11. The summed E-state index contributed by atoms with van der Waals surface area (Å²) >= 11 is 0. The van der Waals surface area contributed by atoms with Gasteiger partial charge in [0.25, 0.3) is 5.91 Å². The first-order valence-electron chi connectivity index (χ1n) is 8.92. The molecule has 1 aliphatic rings. The van der Waals surface area contributed by atoms with Crippen molar-refractivity contribution < 1.29 is 17.6 Å². The highest BCUT2D eigenvalue weighted by Gasteiger charge is 2.25. The van der Waals surface area contributed by atoms with Crippen LogP contribution < -0.4 is 5.32 Å². The van der Waals surface area contributed by atoms with Gasteiger partial charge >= 0.3 is 0 Å². The molecule has 140 valence electrons. The van der Waals surface area contributed by atoms with Crippen molar-refractivity contribution in [1.29, 1.82) is 0 Å². The number of benzene rings is 1. The molecule has 0 atom stereocenters. The molecule has 1 fully saturated rings. The molecule has 2 aromatic rings. The maximum absolute atomic E-state index is 12.3.